The third-order valence-corrected chi connectivity index (χ3v) is 4.19. The van der Waals surface area contributed by atoms with Crippen molar-refractivity contribution >= 4 is 27.5 Å². The quantitative estimate of drug-likeness (QED) is 0.930. The molecule has 0 aromatic carbocycles. The Balaban J connectivity index is 1.91. The van der Waals surface area contributed by atoms with Gasteiger partial charge in [0.25, 0.3) is 0 Å². The summed E-state index contributed by atoms with van der Waals surface area (Å²) in [6.07, 6.45) is 5.50. The maximum atomic E-state index is 4.68. The van der Waals surface area contributed by atoms with Crippen LogP contribution in [0, 0.1) is 0 Å². The van der Waals surface area contributed by atoms with E-state index >= 15 is 0 Å². The lowest BCUT2D eigenvalue weighted by molar-refractivity contribution is 0.426. The first kappa shape index (κ1) is 13.8. The summed E-state index contributed by atoms with van der Waals surface area (Å²) in [5, 5.41) is 8.12. The van der Waals surface area contributed by atoms with E-state index in [0.717, 1.165) is 42.1 Å². The summed E-state index contributed by atoms with van der Waals surface area (Å²) < 4.78 is 2.86. The SMILES string of the molecule is CCCN(c1nc2ccc(Br)cn2n1)C1CCCNC1. The van der Waals surface area contributed by atoms with Gasteiger partial charge in [0, 0.05) is 29.8 Å². The fourth-order valence-corrected chi connectivity index (χ4v) is 3.08. The van der Waals surface area contributed by atoms with Crippen LogP contribution < -0.4 is 10.2 Å². The van der Waals surface area contributed by atoms with Gasteiger partial charge in [0.2, 0.25) is 5.95 Å². The van der Waals surface area contributed by atoms with Crippen molar-refractivity contribution in [2.24, 2.45) is 0 Å². The van der Waals surface area contributed by atoms with Gasteiger partial charge >= 0.3 is 0 Å². The minimum absolute atomic E-state index is 0.504. The molecule has 1 saturated heterocycles. The van der Waals surface area contributed by atoms with Crippen LogP contribution in [0.15, 0.2) is 22.8 Å². The summed E-state index contributed by atoms with van der Waals surface area (Å²) in [7, 11) is 0. The number of hydrogen-bond acceptors (Lipinski definition) is 4. The highest BCUT2D eigenvalue weighted by molar-refractivity contribution is 9.10. The maximum Gasteiger partial charge on any atom is 0.245 e. The number of nitrogens with one attached hydrogen (secondary N) is 1. The molecular formula is C14H20BrN5. The zero-order valence-electron chi connectivity index (χ0n) is 11.7. The number of rotatable bonds is 4. The largest absolute Gasteiger partial charge is 0.335 e. The second-order valence-electron chi connectivity index (χ2n) is 5.26. The summed E-state index contributed by atoms with van der Waals surface area (Å²) in [5.41, 5.74) is 0.896. The first-order valence-corrected chi connectivity index (χ1v) is 8.06. The molecule has 2 aromatic rings. The van der Waals surface area contributed by atoms with E-state index in [-0.39, 0.29) is 0 Å². The molecule has 5 nitrogen and oxygen atoms in total. The van der Waals surface area contributed by atoms with Crippen LogP contribution in [0.2, 0.25) is 0 Å². The van der Waals surface area contributed by atoms with Crippen molar-refractivity contribution in [3.05, 3.63) is 22.8 Å². The van der Waals surface area contributed by atoms with Crippen molar-refractivity contribution < 1.29 is 0 Å². The van der Waals surface area contributed by atoms with E-state index in [9.17, 15) is 0 Å². The minimum atomic E-state index is 0.504. The molecule has 3 rings (SSSR count). The van der Waals surface area contributed by atoms with Gasteiger partial charge in [0.15, 0.2) is 5.65 Å². The second-order valence-corrected chi connectivity index (χ2v) is 6.17. The molecule has 108 valence electrons. The molecule has 3 heterocycles. The molecule has 0 radical (unpaired) electrons. The number of anilines is 1. The average molecular weight is 338 g/mol. The molecule has 6 heteroatoms. The lowest BCUT2D eigenvalue weighted by Gasteiger charge is -2.33. The predicted molar refractivity (Wildman–Crippen MR) is 84.2 cm³/mol. The van der Waals surface area contributed by atoms with Crippen molar-refractivity contribution in [3.8, 4) is 0 Å². The van der Waals surface area contributed by atoms with Crippen molar-refractivity contribution in [3.63, 3.8) is 0 Å². The van der Waals surface area contributed by atoms with Crippen LogP contribution in [-0.4, -0.2) is 40.3 Å². The highest BCUT2D eigenvalue weighted by atomic mass is 79.9. The second kappa shape index (κ2) is 6.10. The molecule has 1 N–H and O–H groups in total. The third kappa shape index (κ3) is 2.81. The standard InChI is InChI=1S/C14H20BrN5/c1-2-8-19(12-4-3-7-16-9-12)14-17-13-6-5-11(15)10-20(13)18-14/h5-6,10,12,16H,2-4,7-9H2,1H3. The molecule has 0 spiro atoms. The van der Waals surface area contributed by atoms with Gasteiger partial charge in [-0.25, -0.2) is 4.52 Å². The molecule has 0 saturated carbocycles. The Hall–Kier alpha value is -1.14. The minimum Gasteiger partial charge on any atom is -0.335 e. The lowest BCUT2D eigenvalue weighted by Crippen LogP contribution is -2.47. The summed E-state index contributed by atoms with van der Waals surface area (Å²) >= 11 is 3.47. The van der Waals surface area contributed by atoms with Crippen molar-refractivity contribution in [2.75, 3.05) is 24.5 Å². The molecule has 1 unspecified atom stereocenters. The van der Waals surface area contributed by atoms with E-state index in [1.807, 2.05) is 22.8 Å². The van der Waals surface area contributed by atoms with E-state index in [1.165, 1.54) is 12.8 Å². The van der Waals surface area contributed by atoms with Crippen LogP contribution in [0.1, 0.15) is 26.2 Å². The highest BCUT2D eigenvalue weighted by Gasteiger charge is 2.23. The van der Waals surface area contributed by atoms with Crippen LogP contribution in [0.5, 0.6) is 0 Å². The lowest BCUT2D eigenvalue weighted by atomic mass is 10.1. The Bertz CT molecular complexity index is 576. The van der Waals surface area contributed by atoms with Crippen LogP contribution in [-0.2, 0) is 0 Å². The fraction of sp³-hybridized carbons (Fsp3) is 0.571. The molecule has 1 fully saturated rings. The molecule has 0 amide bonds. The zero-order chi connectivity index (χ0) is 13.9. The number of halogens is 1. The van der Waals surface area contributed by atoms with E-state index in [0.29, 0.717) is 6.04 Å². The van der Waals surface area contributed by atoms with E-state index < -0.39 is 0 Å². The first-order valence-electron chi connectivity index (χ1n) is 7.27. The molecule has 1 aliphatic heterocycles. The van der Waals surface area contributed by atoms with Gasteiger partial charge in [-0.1, -0.05) is 6.92 Å². The average Bonchev–Trinajstić information content (AvgIpc) is 2.88. The molecular weight excluding hydrogens is 318 g/mol. The molecule has 0 aliphatic carbocycles. The van der Waals surface area contributed by atoms with E-state index in [2.05, 4.69) is 43.2 Å². The van der Waals surface area contributed by atoms with Gasteiger partial charge in [0.05, 0.1) is 0 Å². The first-order chi connectivity index (χ1) is 9.78. The molecule has 2 aromatic heterocycles. The number of fused-ring (bicyclic) bond motifs is 1. The summed E-state index contributed by atoms with van der Waals surface area (Å²) in [4.78, 5) is 7.03. The number of aromatic nitrogens is 3. The van der Waals surface area contributed by atoms with E-state index in [4.69, 9.17) is 0 Å². The Morgan fingerprint density at radius 1 is 1.50 bits per heavy atom. The summed E-state index contributed by atoms with van der Waals surface area (Å²) in [5.74, 6) is 0.846. The van der Waals surface area contributed by atoms with Gasteiger partial charge in [-0.3, -0.25) is 0 Å². The normalized spacial score (nSPS) is 19.4. The van der Waals surface area contributed by atoms with Crippen molar-refractivity contribution in [1.29, 1.82) is 0 Å². The Labute approximate surface area is 127 Å². The molecule has 0 bridgehead atoms. The zero-order valence-corrected chi connectivity index (χ0v) is 13.3. The number of piperidine rings is 1. The molecule has 20 heavy (non-hydrogen) atoms. The van der Waals surface area contributed by atoms with Crippen LogP contribution in [0.4, 0.5) is 5.95 Å². The summed E-state index contributed by atoms with van der Waals surface area (Å²) in [6, 6.07) is 4.49. The number of nitrogens with zero attached hydrogens (tertiary/aromatic N) is 4. The Morgan fingerprint density at radius 3 is 3.15 bits per heavy atom. The number of pyridine rings is 1. The van der Waals surface area contributed by atoms with Crippen molar-refractivity contribution in [1.82, 2.24) is 19.9 Å². The maximum absolute atomic E-state index is 4.68. The summed E-state index contributed by atoms with van der Waals surface area (Å²) in [6.45, 7) is 5.36. The third-order valence-electron chi connectivity index (χ3n) is 3.72. The number of hydrogen-bond donors (Lipinski definition) is 1. The van der Waals surface area contributed by atoms with Gasteiger partial charge < -0.3 is 10.2 Å². The predicted octanol–water partition coefficient (Wildman–Crippen LogP) is 2.46. The van der Waals surface area contributed by atoms with Gasteiger partial charge in [-0.05, 0) is 53.9 Å². The molecule has 1 aliphatic rings. The van der Waals surface area contributed by atoms with Crippen LogP contribution in [0.25, 0.3) is 5.65 Å². The topological polar surface area (TPSA) is 45.5 Å². The van der Waals surface area contributed by atoms with Crippen LogP contribution >= 0.6 is 15.9 Å². The Kier molecular flexibility index (Phi) is 4.21. The fourth-order valence-electron chi connectivity index (χ4n) is 2.75. The van der Waals surface area contributed by atoms with E-state index in [1.54, 1.807) is 0 Å². The van der Waals surface area contributed by atoms with Crippen LogP contribution in [0.3, 0.4) is 0 Å². The highest BCUT2D eigenvalue weighted by Crippen LogP contribution is 2.19. The van der Waals surface area contributed by atoms with Crippen molar-refractivity contribution in [2.45, 2.75) is 32.2 Å². The molecule has 1 atom stereocenters. The monoisotopic (exact) mass is 337 g/mol. The van der Waals surface area contributed by atoms with Gasteiger partial charge in [0.1, 0.15) is 0 Å². The van der Waals surface area contributed by atoms with Gasteiger partial charge in [-0.15, -0.1) is 5.10 Å². The Morgan fingerprint density at radius 2 is 2.40 bits per heavy atom. The van der Waals surface area contributed by atoms with Gasteiger partial charge in [-0.2, -0.15) is 4.98 Å². The smallest absolute Gasteiger partial charge is 0.245 e.